The number of piperidine rings is 1. The number of ether oxygens (including phenoxy) is 1. The van der Waals surface area contributed by atoms with Crippen LogP contribution in [0, 0.1) is 11.8 Å². The Morgan fingerprint density at radius 3 is 2.30 bits per heavy atom. The molecule has 0 aliphatic carbocycles. The number of carbonyl (C=O) groups is 1. The number of benzene rings is 1. The summed E-state index contributed by atoms with van der Waals surface area (Å²) in [5.74, 6) is -0.266. The molecule has 1 N–H and O–H groups in total. The van der Waals surface area contributed by atoms with Gasteiger partial charge in [0.1, 0.15) is 5.75 Å². The Morgan fingerprint density at radius 1 is 1.26 bits per heavy atom. The maximum absolute atomic E-state index is 12.6. The molecular weight excluding hydrogens is 318 g/mol. The highest BCUT2D eigenvalue weighted by Crippen LogP contribution is 2.25. The van der Waals surface area contributed by atoms with Crippen LogP contribution < -0.4 is 4.74 Å². The zero-order valence-corrected chi connectivity index (χ0v) is 14.3. The van der Waals surface area contributed by atoms with Crippen molar-refractivity contribution < 1.29 is 23.1 Å². The summed E-state index contributed by atoms with van der Waals surface area (Å²) in [4.78, 5) is 11.2. The van der Waals surface area contributed by atoms with Crippen LogP contribution >= 0.6 is 0 Å². The quantitative estimate of drug-likeness (QED) is 0.857. The fourth-order valence-corrected chi connectivity index (χ4v) is 3.93. The molecule has 0 saturated carbocycles. The maximum atomic E-state index is 12.6. The molecular formula is C16H23NO5S. The molecule has 1 aliphatic heterocycles. The first-order valence-corrected chi connectivity index (χ1v) is 9.20. The lowest BCUT2D eigenvalue weighted by Crippen LogP contribution is -2.40. The second-order valence-electron chi connectivity index (χ2n) is 6.19. The number of aliphatic carboxylic acids is 1. The summed E-state index contributed by atoms with van der Waals surface area (Å²) in [7, 11) is -3.57. The molecule has 1 fully saturated rings. The normalized spacial score (nSPS) is 17.3. The van der Waals surface area contributed by atoms with Crippen LogP contribution in [0.3, 0.4) is 0 Å². The van der Waals surface area contributed by atoms with E-state index in [-0.39, 0.29) is 18.0 Å². The predicted octanol–water partition coefficient (Wildman–Crippen LogP) is 2.21. The molecule has 0 radical (unpaired) electrons. The maximum Gasteiger partial charge on any atom is 0.306 e. The minimum Gasteiger partial charge on any atom is -0.493 e. The van der Waals surface area contributed by atoms with Gasteiger partial charge in [-0.25, -0.2) is 8.42 Å². The van der Waals surface area contributed by atoms with Crippen LogP contribution in [-0.4, -0.2) is 43.5 Å². The van der Waals surface area contributed by atoms with Gasteiger partial charge in [0.25, 0.3) is 0 Å². The molecule has 7 heteroatoms. The van der Waals surface area contributed by atoms with E-state index in [9.17, 15) is 13.2 Å². The number of carboxylic acid groups (broad SMARTS) is 1. The van der Waals surface area contributed by atoms with Crippen molar-refractivity contribution >= 4 is 16.0 Å². The van der Waals surface area contributed by atoms with Crippen molar-refractivity contribution in [3.05, 3.63) is 24.3 Å². The lowest BCUT2D eigenvalue weighted by Gasteiger charge is -2.29. The van der Waals surface area contributed by atoms with E-state index in [1.54, 1.807) is 12.1 Å². The number of carboxylic acids is 1. The van der Waals surface area contributed by atoms with Crippen LogP contribution in [0.1, 0.15) is 26.7 Å². The molecule has 1 aromatic rings. The van der Waals surface area contributed by atoms with Crippen molar-refractivity contribution in [1.82, 2.24) is 4.31 Å². The number of nitrogens with zero attached hydrogens (tertiary/aromatic N) is 1. The van der Waals surface area contributed by atoms with Gasteiger partial charge in [-0.1, -0.05) is 13.8 Å². The third-order valence-electron chi connectivity index (χ3n) is 3.85. The van der Waals surface area contributed by atoms with E-state index in [0.717, 1.165) is 0 Å². The first kappa shape index (κ1) is 17.7. The molecule has 1 heterocycles. The Balaban J connectivity index is 2.04. The van der Waals surface area contributed by atoms with E-state index in [1.807, 2.05) is 13.8 Å². The number of sulfonamides is 1. The molecule has 6 nitrogen and oxygen atoms in total. The second kappa shape index (κ2) is 7.31. The van der Waals surface area contributed by atoms with Crippen molar-refractivity contribution in [2.45, 2.75) is 31.6 Å². The molecule has 2 rings (SSSR count). The summed E-state index contributed by atoms with van der Waals surface area (Å²) < 4.78 is 32.1. The summed E-state index contributed by atoms with van der Waals surface area (Å²) >= 11 is 0. The Hall–Kier alpha value is -1.60. The number of rotatable bonds is 6. The molecule has 1 aliphatic rings. The zero-order valence-electron chi connectivity index (χ0n) is 13.4. The molecule has 0 atom stereocenters. The van der Waals surface area contributed by atoms with E-state index in [4.69, 9.17) is 9.84 Å². The van der Waals surface area contributed by atoms with Gasteiger partial charge in [-0.3, -0.25) is 4.79 Å². The van der Waals surface area contributed by atoms with Crippen LogP contribution in [0.2, 0.25) is 0 Å². The van der Waals surface area contributed by atoms with Crippen molar-refractivity contribution in [1.29, 1.82) is 0 Å². The summed E-state index contributed by atoms with van der Waals surface area (Å²) in [5, 5.41) is 8.98. The van der Waals surface area contributed by atoms with E-state index in [1.165, 1.54) is 16.4 Å². The molecule has 1 aromatic carbocycles. The minimum atomic E-state index is -3.57. The van der Waals surface area contributed by atoms with Gasteiger partial charge in [-0.2, -0.15) is 4.31 Å². The van der Waals surface area contributed by atoms with Crippen LogP contribution in [0.4, 0.5) is 0 Å². The smallest absolute Gasteiger partial charge is 0.306 e. The van der Waals surface area contributed by atoms with Crippen molar-refractivity contribution in [3.8, 4) is 5.75 Å². The van der Waals surface area contributed by atoms with Gasteiger partial charge in [-0.15, -0.1) is 0 Å². The van der Waals surface area contributed by atoms with Crippen LogP contribution in [-0.2, 0) is 14.8 Å². The monoisotopic (exact) mass is 341 g/mol. The van der Waals surface area contributed by atoms with Crippen LogP contribution in [0.25, 0.3) is 0 Å². The van der Waals surface area contributed by atoms with E-state index >= 15 is 0 Å². The molecule has 0 amide bonds. The highest BCUT2D eigenvalue weighted by Gasteiger charge is 2.31. The van der Waals surface area contributed by atoms with Gasteiger partial charge in [0, 0.05) is 13.1 Å². The van der Waals surface area contributed by atoms with E-state index < -0.39 is 21.9 Å². The first-order valence-electron chi connectivity index (χ1n) is 7.76. The number of hydrogen-bond donors (Lipinski definition) is 1. The average Bonchev–Trinajstić information content (AvgIpc) is 2.53. The van der Waals surface area contributed by atoms with Crippen molar-refractivity contribution in [2.24, 2.45) is 11.8 Å². The highest BCUT2D eigenvalue weighted by atomic mass is 32.2. The summed E-state index contributed by atoms with van der Waals surface area (Å²) in [6.07, 6.45) is 0.703. The lowest BCUT2D eigenvalue weighted by atomic mass is 9.99. The Bertz CT molecular complexity index is 631. The first-order chi connectivity index (χ1) is 10.8. The molecule has 0 aromatic heterocycles. The molecule has 1 saturated heterocycles. The summed E-state index contributed by atoms with van der Waals surface area (Å²) in [6.45, 7) is 5.14. The molecule has 128 valence electrons. The van der Waals surface area contributed by atoms with Gasteiger partial charge in [0.2, 0.25) is 10.0 Å². The van der Waals surface area contributed by atoms with Gasteiger partial charge >= 0.3 is 5.97 Å². The number of hydrogen-bond acceptors (Lipinski definition) is 4. The van der Waals surface area contributed by atoms with Gasteiger partial charge in [0.15, 0.2) is 0 Å². The van der Waals surface area contributed by atoms with Crippen LogP contribution in [0.15, 0.2) is 29.2 Å². The summed E-state index contributed by atoms with van der Waals surface area (Å²) in [5.41, 5.74) is 0. The second-order valence-corrected chi connectivity index (χ2v) is 8.13. The van der Waals surface area contributed by atoms with Crippen molar-refractivity contribution in [3.63, 3.8) is 0 Å². The SMILES string of the molecule is CC(C)COc1ccc(S(=O)(=O)N2CCC(C(=O)O)CC2)cc1. The largest absolute Gasteiger partial charge is 0.493 e. The van der Waals surface area contributed by atoms with E-state index in [0.29, 0.717) is 31.1 Å². The van der Waals surface area contributed by atoms with Gasteiger partial charge in [0.05, 0.1) is 17.4 Å². The minimum absolute atomic E-state index is 0.211. The molecule has 23 heavy (non-hydrogen) atoms. The van der Waals surface area contributed by atoms with Crippen LogP contribution in [0.5, 0.6) is 5.75 Å². The average molecular weight is 341 g/mol. The Kier molecular flexibility index (Phi) is 5.64. The zero-order chi connectivity index (χ0) is 17.0. The fourth-order valence-electron chi connectivity index (χ4n) is 2.46. The topological polar surface area (TPSA) is 83.9 Å². The Morgan fingerprint density at radius 2 is 1.83 bits per heavy atom. The Labute approximate surface area is 137 Å². The van der Waals surface area contributed by atoms with E-state index in [2.05, 4.69) is 0 Å². The van der Waals surface area contributed by atoms with Gasteiger partial charge < -0.3 is 9.84 Å². The highest BCUT2D eigenvalue weighted by molar-refractivity contribution is 7.89. The fraction of sp³-hybridized carbons (Fsp3) is 0.562. The molecule has 0 unspecified atom stereocenters. The molecule has 0 bridgehead atoms. The molecule has 0 spiro atoms. The lowest BCUT2D eigenvalue weighted by molar-refractivity contribution is -0.142. The van der Waals surface area contributed by atoms with Crippen molar-refractivity contribution in [2.75, 3.05) is 19.7 Å². The predicted molar refractivity (Wildman–Crippen MR) is 85.9 cm³/mol. The third kappa shape index (κ3) is 4.45. The standard InChI is InChI=1S/C16H23NO5S/c1-12(2)11-22-14-3-5-15(6-4-14)23(20,21)17-9-7-13(8-10-17)16(18)19/h3-6,12-13H,7-11H2,1-2H3,(H,18,19). The van der Waals surface area contributed by atoms with Gasteiger partial charge in [-0.05, 0) is 43.0 Å². The summed E-state index contributed by atoms with van der Waals surface area (Å²) in [6, 6.07) is 6.38. The third-order valence-corrected chi connectivity index (χ3v) is 5.76.